The van der Waals surface area contributed by atoms with E-state index in [1.165, 1.54) is 11.3 Å². The minimum atomic E-state index is -0.325. The Hall–Kier alpha value is -2.78. The zero-order valence-electron chi connectivity index (χ0n) is 18.9. The van der Waals surface area contributed by atoms with Crippen LogP contribution in [-0.4, -0.2) is 54.8 Å². The maximum atomic E-state index is 13.3. The van der Waals surface area contributed by atoms with E-state index in [1.54, 1.807) is 0 Å². The zero-order valence-corrected chi connectivity index (χ0v) is 19.7. The van der Waals surface area contributed by atoms with Crippen molar-refractivity contribution < 1.29 is 9.18 Å². The van der Waals surface area contributed by atoms with E-state index in [4.69, 9.17) is 10.7 Å². The van der Waals surface area contributed by atoms with Crippen molar-refractivity contribution in [1.29, 1.82) is 0 Å². The van der Waals surface area contributed by atoms with Crippen molar-refractivity contribution in [3.05, 3.63) is 46.1 Å². The van der Waals surface area contributed by atoms with Crippen LogP contribution < -0.4 is 21.3 Å². The van der Waals surface area contributed by atoms with Crippen molar-refractivity contribution >= 4 is 39.0 Å². The highest BCUT2D eigenvalue weighted by atomic mass is 32.1. The molecule has 1 fully saturated rings. The number of nitrogens with two attached hydrogens (primary N) is 1. The molecule has 1 amide bonds. The molecule has 3 aromatic heterocycles. The van der Waals surface area contributed by atoms with Gasteiger partial charge in [-0.2, -0.15) is 0 Å². The van der Waals surface area contributed by atoms with Crippen LogP contribution in [-0.2, 0) is 12.8 Å². The third kappa shape index (κ3) is 4.15. The number of nitrogens with one attached hydrogen (secondary N) is 2. The predicted molar refractivity (Wildman–Crippen MR) is 131 cm³/mol. The van der Waals surface area contributed by atoms with Crippen molar-refractivity contribution in [3.8, 4) is 0 Å². The summed E-state index contributed by atoms with van der Waals surface area (Å²) in [6.45, 7) is 3.04. The number of nitrogen functional groups attached to an aromatic ring is 1. The van der Waals surface area contributed by atoms with E-state index < -0.39 is 0 Å². The molecule has 1 saturated heterocycles. The molecule has 0 radical (unpaired) electrons. The molecule has 1 aliphatic carbocycles. The monoisotopic (exact) mass is 468 g/mol. The van der Waals surface area contributed by atoms with Crippen LogP contribution in [0.1, 0.15) is 33.0 Å². The molecule has 3 atom stereocenters. The largest absolute Gasteiger partial charge is 0.397 e. The summed E-state index contributed by atoms with van der Waals surface area (Å²) in [6.07, 6.45) is 2.36. The molecule has 4 heterocycles. The molecule has 3 aromatic rings. The van der Waals surface area contributed by atoms with Gasteiger partial charge in [0, 0.05) is 47.9 Å². The summed E-state index contributed by atoms with van der Waals surface area (Å²) in [5, 5.41) is 7.21. The van der Waals surface area contributed by atoms with Crippen LogP contribution in [0.25, 0.3) is 10.2 Å². The first kappa shape index (κ1) is 22.0. The fourth-order valence-electron chi connectivity index (χ4n) is 4.95. The molecule has 7 nitrogen and oxygen atoms in total. The number of alkyl halides is 1. The van der Waals surface area contributed by atoms with Crippen LogP contribution in [0.3, 0.4) is 0 Å². The number of anilines is 2. The van der Waals surface area contributed by atoms with E-state index in [9.17, 15) is 9.18 Å². The van der Waals surface area contributed by atoms with E-state index in [-0.39, 0.29) is 30.6 Å². The van der Waals surface area contributed by atoms with Crippen molar-refractivity contribution in [1.82, 2.24) is 20.6 Å². The molecule has 0 aromatic carbocycles. The molecule has 33 heavy (non-hydrogen) atoms. The molecule has 1 aliphatic heterocycles. The number of nitrogens with zero attached hydrogens (tertiary/aromatic N) is 3. The first-order valence-corrected chi connectivity index (χ1v) is 12.2. The van der Waals surface area contributed by atoms with Crippen molar-refractivity contribution in [2.75, 3.05) is 37.4 Å². The molecular formula is C24H29FN6OS. The number of fused-ring (bicyclic) bond motifs is 2. The Morgan fingerprint density at radius 1 is 1.27 bits per heavy atom. The van der Waals surface area contributed by atoms with Gasteiger partial charge < -0.3 is 21.3 Å². The quantitative estimate of drug-likeness (QED) is 0.533. The number of halogens is 1. The standard InChI is InChI=1S/C24H29FN6OS/c1-13-3-6-17-21(26)22(33-24(17)28-13)23(32)29-16-5-7-18-14(9-16)4-8-20(30-18)31-11-15(10-25)19(12-31)27-2/h3-4,6,8,15-16,19,27H,5,7,9-12,26H2,1-2H3,(H,29,32)/t15-,16+,19-/m1/s1. The molecule has 2 aliphatic rings. The fraction of sp³-hybridized carbons (Fsp3) is 0.458. The number of aryl methyl sites for hydroxylation is 2. The van der Waals surface area contributed by atoms with E-state index in [0.29, 0.717) is 17.1 Å². The lowest BCUT2D eigenvalue weighted by molar-refractivity contribution is 0.0938. The molecule has 4 N–H and O–H groups in total. The van der Waals surface area contributed by atoms with Crippen LogP contribution >= 0.6 is 11.3 Å². The fourth-order valence-corrected chi connectivity index (χ4v) is 5.99. The molecular weight excluding hydrogens is 439 g/mol. The summed E-state index contributed by atoms with van der Waals surface area (Å²) in [5.74, 6) is 0.764. The Balaban J connectivity index is 1.27. The second kappa shape index (κ2) is 8.87. The summed E-state index contributed by atoms with van der Waals surface area (Å²) >= 11 is 1.34. The van der Waals surface area contributed by atoms with Crippen molar-refractivity contribution in [2.45, 2.75) is 38.3 Å². The highest BCUT2D eigenvalue weighted by Gasteiger charge is 2.33. The highest BCUT2D eigenvalue weighted by Crippen LogP contribution is 2.33. The number of aromatic nitrogens is 2. The van der Waals surface area contributed by atoms with Gasteiger partial charge in [-0.25, -0.2) is 9.97 Å². The van der Waals surface area contributed by atoms with E-state index >= 15 is 0 Å². The number of hydrogen-bond acceptors (Lipinski definition) is 7. The van der Waals surface area contributed by atoms with Gasteiger partial charge in [0.1, 0.15) is 15.5 Å². The van der Waals surface area contributed by atoms with E-state index in [0.717, 1.165) is 58.8 Å². The van der Waals surface area contributed by atoms with Gasteiger partial charge in [0.15, 0.2) is 0 Å². The summed E-state index contributed by atoms with van der Waals surface area (Å²) in [6, 6.07) is 8.14. The summed E-state index contributed by atoms with van der Waals surface area (Å²) in [7, 11) is 1.88. The summed E-state index contributed by atoms with van der Waals surface area (Å²) in [4.78, 5) is 25.9. The number of likely N-dealkylation sites (N-methyl/N-ethyl adjacent to an activating group) is 1. The second-order valence-electron chi connectivity index (χ2n) is 9.05. The number of amides is 1. The molecule has 5 rings (SSSR count). The topological polar surface area (TPSA) is 96.2 Å². The van der Waals surface area contributed by atoms with Gasteiger partial charge in [0.25, 0.3) is 5.91 Å². The summed E-state index contributed by atoms with van der Waals surface area (Å²) < 4.78 is 13.3. The molecule has 0 saturated carbocycles. The van der Waals surface area contributed by atoms with Gasteiger partial charge >= 0.3 is 0 Å². The second-order valence-corrected chi connectivity index (χ2v) is 10.1. The van der Waals surface area contributed by atoms with Crippen LogP contribution in [0.5, 0.6) is 0 Å². The van der Waals surface area contributed by atoms with E-state index in [2.05, 4.69) is 26.6 Å². The average Bonchev–Trinajstić information content (AvgIpc) is 3.39. The molecule has 9 heteroatoms. The van der Waals surface area contributed by atoms with Crippen molar-refractivity contribution in [3.63, 3.8) is 0 Å². The zero-order chi connectivity index (χ0) is 23.1. The van der Waals surface area contributed by atoms with Crippen LogP contribution in [0.4, 0.5) is 15.9 Å². The maximum Gasteiger partial charge on any atom is 0.263 e. The van der Waals surface area contributed by atoms with Crippen LogP contribution in [0.15, 0.2) is 24.3 Å². The first-order valence-electron chi connectivity index (χ1n) is 11.4. The SMILES string of the molecule is CN[C@@H]1CN(c2ccc3c(n2)CC[C@H](NC(=O)c2sc4nc(C)ccc4c2N)C3)C[C@H]1CF. The predicted octanol–water partition coefficient (Wildman–Crippen LogP) is 2.86. The van der Waals surface area contributed by atoms with Gasteiger partial charge in [-0.3, -0.25) is 9.18 Å². The Morgan fingerprint density at radius 2 is 2.12 bits per heavy atom. The molecule has 0 bridgehead atoms. The summed E-state index contributed by atoms with van der Waals surface area (Å²) in [5.41, 5.74) is 9.89. The van der Waals surface area contributed by atoms with Crippen molar-refractivity contribution in [2.24, 2.45) is 5.92 Å². The lowest BCUT2D eigenvalue weighted by Crippen LogP contribution is -2.39. The molecule has 0 unspecified atom stereocenters. The van der Waals surface area contributed by atoms with E-state index in [1.807, 2.05) is 32.2 Å². The Morgan fingerprint density at radius 3 is 2.88 bits per heavy atom. The van der Waals surface area contributed by atoms with Gasteiger partial charge in [-0.15, -0.1) is 11.3 Å². The minimum Gasteiger partial charge on any atom is -0.397 e. The number of rotatable bonds is 5. The van der Waals surface area contributed by atoms with Gasteiger partial charge in [0.05, 0.1) is 12.4 Å². The van der Waals surface area contributed by atoms with Gasteiger partial charge in [-0.05, 0) is 57.0 Å². The number of carbonyl (C=O) groups excluding carboxylic acids is 1. The Bertz CT molecular complexity index is 1190. The number of hydrogen-bond donors (Lipinski definition) is 3. The number of thiophene rings is 1. The minimum absolute atomic E-state index is 0.00660. The first-order chi connectivity index (χ1) is 16.0. The number of pyridine rings is 2. The third-order valence-corrected chi connectivity index (χ3v) is 7.97. The van der Waals surface area contributed by atoms with Crippen LogP contribution in [0.2, 0.25) is 0 Å². The van der Waals surface area contributed by atoms with Crippen LogP contribution in [0, 0.1) is 12.8 Å². The molecule has 174 valence electrons. The normalized spacial score (nSPS) is 22.5. The average molecular weight is 469 g/mol. The smallest absolute Gasteiger partial charge is 0.263 e. The lowest BCUT2D eigenvalue weighted by atomic mass is 9.91. The van der Waals surface area contributed by atoms with Gasteiger partial charge in [-0.1, -0.05) is 6.07 Å². The Kier molecular flexibility index (Phi) is 5.92. The highest BCUT2D eigenvalue weighted by molar-refractivity contribution is 7.21. The lowest BCUT2D eigenvalue weighted by Gasteiger charge is -2.26. The molecule has 0 spiro atoms. The number of carbonyl (C=O) groups is 1. The third-order valence-electron chi connectivity index (χ3n) is 6.86. The Labute approximate surface area is 196 Å². The maximum absolute atomic E-state index is 13.3. The van der Waals surface area contributed by atoms with Gasteiger partial charge in [0.2, 0.25) is 0 Å².